The second-order valence-corrected chi connectivity index (χ2v) is 22.4. The summed E-state index contributed by atoms with van der Waals surface area (Å²) in [5, 5.41) is 7.94. The molecular formula is C52H78F3N13O11. The van der Waals surface area contributed by atoms with Crippen molar-refractivity contribution in [2.45, 2.75) is 112 Å². The highest BCUT2D eigenvalue weighted by atomic mass is 19.4. The van der Waals surface area contributed by atoms with Crippen LogP contribution in [0.2, 0.25) is 0 Å². The van der Waals surface area contributed by atoms with Gasteiger partial charge in [-0.05, 0) is 90.5 Å². The Morgan fingerprint density at radius 3 is 1.77 bits per heavy atom. The molecule has 1 saturated heterocycles. The third-order valence-electron chi connectivity index (χ3n) is 11.7. The fraction of sp³-hybridized carbons (Fsp3) is 0.635. The number of hydrogen-bond donors (Lipinski definition) is 5. The van der Waals surface area contributed by atoms with E-state index in [9.17, 15) is 51.5 Å². The average Bonchev–Trinajstić information content (AvgIpc) is 3.35. The lowest BCUT2D eigenvalue weighted by molar-refractivity contribution is -0.170. The predicted octanol–water partition coefficient (Wildman–Crippen LogP) is 2.02. The van der Waals surface area contributed by atoms with Gasteiger partial charge in [0.2, 0.25) is 17.8 Å². The molecule has 0 bridgehead atoms. The maximum Gasteiger partial charge on any atom is 0.471 e. The highest BCUT2D eigenvalue weighted by Crippen LogP contribution is 2.26. The summed E-state index contributed by atoms with van der Waals surface area (Å²) < 4.78 is 57.4. The molecule has 1 aliphatic heterocycles. The summed E-state index contributed by atoms with van der Waals surface area (Å²) >= 11 is 0. The van der Waals surface area contributed by atoms with Crippen LogP contribution < -0.4 is 32.1 Å². The normalized spacial score (nSPS) is 15.5. The van der Waals surface area contributed by atoms with Gasteiger partial charge in [0.05, 0.1) is 51.7 Å². The van der Waals surface area contributed by atoms with E-state index in [-0.39, 0.29) is 78.0 Å². The summed E-state index contributed by atoms with van der Waals surface area (Å²) in [4.78, 5) is 126. The zero-order chi connectivity index (χ0) is 58.9. The summed E-state index contributed by atoms with van der Waals surface area (Å²) in [5.74, 6) is -5.65. The molecule has 0 spiro atoms. The second kappa shape index (κ2) is 28.9. The van der Waals surface area contributed by atoms with Gasteiger partial charge in [-0.25, -0.2) is 14.8 Å². The van der Waals surface area contributed by atoms with Gasteiger partial charge in [0.25, 0.3) is 11.5 Å². The minimum atomic E-state index is -5.29. The van der Waals surface area contributed by atoms with Gasteiger partial charge in [-0.1, -0.05) is 20.8 Å². The summed E-state index contributed by atoms with van der Waals surface area (Å²) in [6.07, 6.45) is -3.48. The van der Waals surface area contributed by atoms with E-state index in [0.29, 0.717) is 70.1 Å². The van der Waals surface area contributed by atoms with Crippen molar-refractivity contribution >= 4 is 64.3 Å². The van der Waals surface area contributed by atoms with Crippen LogP contribution in [0.25, 0.3) is 11.2 Å². The number of methoxy groups -OCH3 is 1. The van der Waals surface area contributed by atoms with Crippen LogP contribution >= 0.6 is 0 Å². The molecule has 3 heterocycles. The van der Waals surface area contributed by atoms with Crippen molar-refractivity contribution < 1.29 is 60.9 Å². The number of amides is 4. The standard InChI is InChI=1S/C52H78F3N13O11/c1-49(2,3)33-67-25-23-64(19-20-65(31-40(71)78-50(4,5)6)21-22-66(24-26-67)32-41(72)79-51(7,8)9)30-39(70)58-28-38(69)61-37(46(75)77-10)13-11-12-18-57-44(73)34-14-16-36(17-15-34)68(47(76)52(53,54)55)29-35-27-59-43-42(60-35)45(74)63-48(56)62-43/h14-17,27,37H,11-13,18-26,28-33H2,1-10H3,(H,57,73)(H,58,70)(H,61,69)(H3,56,59,62,63,74)/t37-/m0/s1. The number of nitrogens with two attached hydrogens (primary N) is 1. The molecule has 79 heavy (non-hydrogen) atoms. The van der Waals surface area contributed by atoms with Crippen LogP contribution in [-0.4, -0.2) is 203 Å². The Bertz CT molecular complexity index is 2640. The number of carbonyl (C=O) groups is 7. The summed E-state index contributed by atoms with van der Waals surface area (Å²) in [6, 6.07) is 3.65. The van der Waals surface area contributed by atoms with Crippen molar-refractivity contribution in [3.63, 3.8) is 0 Å². The van der Waals surface area contributed by atoms with Crippen LogP contribution in [0, 0.1) is 5.41 Å². The number of esters is 3. The Morgan fingerprint density at radius 2 is 1.27 bits per heavy atom. The van der Waals surface area contributed by atoms with Gasteiger partial charge in [-0.15, -0.1) is 0 Å². The summed E-state index contributed by atoms with van der Waals surface area (Å²) in [7, 11) is 1.16. The minimum absolute atomic E-state index is 0.0168. The van der Waals surface area contributed by atoms with Crippen molar-refractivity contribution in [2.75, 3.05) is 109 Å². The number of ether oxygens (including phenoxy) is 3. The van der Waals surface area contributed by atoms with E-state index >= 15 is 0 Å². The molecule has 0 radical (unpaired) electrons. The number of halogens is 3. The van der Waals surface area contributed by atoms with Crippen molar-refractivity contribution in [3.05, 3.63) is 52.1 Å². The van der Waals surface area contributed by atoms with Crippen molar-refractivity contribution in [3.8, 4) is 0 Å². The maximum absolute atomic E-state index is 13.7. The van der Waals surface area contributed by atoms with Gasteiger partial charge < -0.3 is 40.8 Å². The number of hydrogen-bond acceptors (Lipinski definition) is 19. The third-order valence-corrected chi connectivity index (χ3v) is 11.7. The minimum Gasteiger partial charge on any atom is -0.467 e. The van der Waals surface area contributed by atoms with Gasteiger partial charge in [-0.3, -0.25) is 58.1 Å². The number of nitrogens with one attached hydrogen (secondary N) is 4. The number of benzene rings is 1. The number of anilines is 2. The van der Waals surface area contributed by atoms with Gasteiger partial charge in [0, 0.05) is 76.7 Å². The number of nitrogen functional groups attached to an aromatic ring is 1. The van der Waals surface area contributed by atoms with Crippen molar-refractivity contribution in [1.82, 2.24) is 55.5 Å². The monoisotopic (exact) mass is 1120 g/mol. The van der Waals surface area contributed by atoms with Crippen LogP contribution in [-0.2, 0) is 49.5 Å². The van der Waals surface area contributed by atoms with Crippen LogP contribution in [0.1, 0.15) is 97.6 Å². The Balaban J connectivity index is 1.32. The Morgan fingerprint density at radius 1 is 0.734 bits per heavy atom. The lowest BCUT2D eigenvalue weighted by atomic mass is 9.96. The molecule has 1 aliphatic rings. The average molecular weight is 1120 g/mol. The van der Waals surface area contributed by atoms with E-state index in [0.717, 1.165) is 32.0 Å². The molecule has 1 aromatic carbocycles. The third kappa shape index (κ3) is 23.6. The number of nitrogens with zero attached hydrogens (tertiary/aromatic N) is 8. The number of unbranched alkanes of at least 4 members (excludes halogenated alkanes) is 1. The van der Waals surface area contributed by atoms with E-state index < -0.39 is 77.6 Å². The zero-order valence-electron chi connectivity index (χ0n) is 47.0. The van der Waals surface area contributed by atoms with E-state index in [4.69, 9.17) is 19.9 Å². The van der Waals surface area contributed by atoms with E-state index in [1.54, 1.807) is 20.8 Å². The number of alkyl halides is 3. The Kier molecular flexibility index (Phi) is 23.6. The smallest absolute Gasteiger partial charge is 0.467 e. The molecule has 2 aromatic heterocycles. The molecule has 4 amide bonds. The molecule has 1 fully saturated rings. The lowest BCUT2D eigenvalue weighted by Crippen LogP contribution is -2.51. The maximum atomic E-state index is 13.7. The highest BCUT2D eigenvalue weighted by Gasteiger charge is 2.43. The predicted molar refractivity (Wildman–Crippen MR) is 286 cm³/mol. The first-order chi connectivity index (χ1) is 36.8. The topological polar surface area (TPSA) is 297 Å². The molecule has 4 rings (SSSR count). The van der Waals surface area contributed by atoms with Crippen molar-refractivity contribution in [1.29, 1.82) is 0 Å². The molecule has 3 aromatic rings. The van der Waals surface area contributed by atoms with Crippen molar-refractivity contribution in [2.24, 2.45) is 5.41 Å². The van der Waals surface area contributed by atoms with Crippen LogP contribution in [0.15, 0.2) is 35.3 Å². The fourth-order valence-corrected chi connectivity index (χ4v) is 8.28. The van der Waals surface area contributed by atoms with Gasteiger partial charge in [0.15, 0.2) is 11.2 Å². The van der Waals surface area contributed by atoms with Crippen LogP contribution in [0.4, 0.5) is 24.8 Å². The first-order valence-corrected chi connectivity index (χ1v) is 26.0. The van der Waals surface area contributed by atoms with Crippen LogP contribution in [0.5, 0.6) is 0 Å². The fourth-order valence-electron chi connectivity index (χ4n) is 8.28. The quantitative estimate of drug-likeness (QED) is 0.0614. The molecule has 0 saturated carbocycles. The lowest BCUT2D eigenvalue weighted by Gasteiger charge is -2.36. The van der Waals surface area contributed by atoms with Gasteiger partial charge >= 0.3 is 30.0 Å². The SMILES string of the molecule is COC(=O)[C@H](CCCCNC(=O)c1ccc(N(Cc2cnc3nc(N)[nH]c(=O)c3n2)C(=O)C(F)(F)F)cc1)NC(=O)CNC(=O)CN1CCN(CC(=O)OC(C)(C)C)CCN(CC(=O)OC(C)(C)C)CCN(CC(C)(C)C)CC1. The van der Waals surface area contributed by atoms with E-state index in [2.05, 4.69) is 61.6 Å². The molecule has 0 unspecified atom stereocenters. The molecule has 0 aliphatic carbocycles. The Labute approximate surface area is 458 Å². The number of aromatic amines is 1. The van der Waals surface area contributed by atoms with E-state index in [1.807, 2.05) is 35.5 Å². The number of fused-ring (bicyclic) bond motifs is 1. The molecule has 6 N–H and O–H groups in total. The number of rotatable bonds is 20. The number of carbonyl (C=O) groups excluding carboxylic acids is 7. The zero-order valence-corrected chi connectivity index (χ0v) is 47.0. The molecule has 1 atom stereocenters. The van der Waals surface area contributed by atoms with E-state index in [1.165, 1.54) is 12.1 Å². The van der Waals surface area contributed by atoms with Gasteiger partial charge in [0.1, 0.15) is 17.2 Å². The summed E-state index contributed by atoms with van der Waals surface area (Å²) in [6.45, 7) is 20.7. The summed E-state index contributed by atoms with van der Waals surface area (Å²) in [5.41, 5.74) is 2.52. The number of aromatic nitrogens is 4. The molecular weight excluding hydrogens is 1040 g/mol. The highest BCUT2D eigenvalue weighted by molar-refractivity contribution is 5.99. The molecule has 24 nitrogen and oxygen atoms in total. The Hall–Kier alpha value is -6.84. The van der Waals surface area contributed by atoms with Crippen LogP contribution in [0.3, 0.4) is 0 Å². The second-order valence-electron chi connectivity index (χ2n) is 22.4. The molecule has 438 valence electrons. The number of H-pyrrole nitrogens is 1. The van der Waals surface area contributed by atoms with Gasteiger partial charge in [-0.2, -0.15) is 18.2 Å². The largest absolute Gasteiger partial charge is 0.471 e. The first-order valence-electron chi connectivity index (χ1n) is 26.0. The molecule has 27 heteroatoms. The first kappa shape index (κ1) is 64.7.